The number of nitrogens with one attached hydrogen (secondary N) is 1. The van der Waals surface area contributed by atoms with E-state index in [4.69, 9.17) is 4.74 Å². The van der Waals surface area contributed by atoms with Crippen LogP contribution in [0.4, 0.5) is 0 Å². The van der Waals surface area contributed by atoms with Gasteiger partial charge in [-0.1, -0.05) is 37.9 Å². The molecule has 0 saturated carbocycles. The van der Waals surface area contributed by atoms with Gasteiger partial charge in [0.2, 0.25) is 10.0 Å². The van der Waals surface area contributed by atoms with Crippen LogP contribution in [0.25, 0.3) is 0 Å². The number of methoxy groups -OCH3 is 1. The summed E-state index contributed by atoms with van der Waals surface area (Å²) in [5.74, 6) is -0.0707. The molecule has 1 N–H and O–H groups in total. The van der Waals surface area contributed by atoms with Gasteiger partial charge in [-0.2, -0.15) is 0 Å². The molecule has 96 valence electrons. The minimum atomic E-state index is -3.34. The van der Waals surface area contributed by atoms with Gasteiger partial charge < -0.3 is 4.74 Å². The van der Waals surface area contributed by atoms with E-state index in [9.17, 15) is 8.42 Å². The minimum absolute atomic E-state index is 0.0707. The van der Waals surface area contributed by atoms with Crippen molar-refractivity contribution in [3.63, 3.8) is 0 Å². The number of hydrogen-bond donors (Lipinski definition) is 1. The van der Waals surface area contributed by atoms with Crippen LogP contribution < -0.4 is 4.72 Å². The maximum Gasteiger partial charge on any atom is 0.215 e. The first kappa shape index (κ1) is 15.1. The molecule has 0 aliphatic rings. The van der Waals surface area contributed by atoms with Crippen molar-refractivity contribution in [2.24, 2.45) is 0 Å². The first-order valence-electron chi connectivity index (χ1n) is 4.85. The standard InChI is InChI=1S/C10H13Br2NO3S/c1-16-6-5-13-17(14,15)7-8-9(11)3-2-4-10(8)12/h2-4,13H,5-7H2,1H3. The molecule has 0 spiro atoms. The van der Waals surface area contributed by atoms with Gasteiger partial charge in [0.05, 0.1) is 12.4 Å². The molecule has 0 aliphatic heterocycles. The van der Waals surface area contributed by atoms with Crippen LogP contribution in [0.5, 0.6) is 0 Å². The second kappa shape index (κ2) is 6.84. The summed E-state index contributed by atoms with van der Waals surface area (Å²) in [6.45, 7) is 0.636. The average Bonchev–Trinajstić information content (AvgIpc) is 2.24. The van der Waals surface area contributed by atoms with Gasteiger partial charge in [-0.3, -0.25) is 0 Å². The summed E-state index contributed by atoms with van der Waals surface area (Å²) in [7, 11) is -1.82. The van der Waals surface area contributed by atoms with Crippen LogP contribution in [0.1, 0.15) is 5.56 Å². The third kappa shape index (κ3) is 5.05. The summed E-state index contributed by atoms with van der Waals surface area (Å²) >= 11 is 6.67. The Morgan fingerprint density at radius 3 is 2.41 bits per heavy atom. The van der Waals surface area contributed by atoms with Gasteiger partial charge in [0.1, 0.15) is 0 Å². The lowest BCUT2D eigenvalue weighted by molar-refractivity contribution is 0.204. The Labute approximate surface area is 118 Å². The Bertz CT molecular complexity index is 456. The third-order valence-corrected chi connectivity index (χ3v) is 4.82. The average molecular weight is 387 g/mol. The summed E-state index contributed by atoms with van der Waals surface area (Å²) in [4.78, 5) is 0. The number of rotatable bonds is 6. The van der Waals surface area contributed by atoms with Crippen LogP contribution in [-0.2, 0) is 20.5 Å². The van der Waals surface area contributed by atoms with Crippen LogP contribution in [0.2, 0.25) is 0 Å². The van der Waals surface area contributed by atoms with Crippen molar-refractivity contribution < 1.29 is 13.2 Å². The number of hydrogen-bond acceptors (Lipinski definition) is 3. The largest absolute Gasteiger partial charge is 0.383 e. The van der Waals surface area contributed by atoms with E-state index < -0.39 is 10.0 Å². The normalized spacial score (nSPS) is 11.7. The highest BCUT2D eigenvalue weighted by Crippen LogP contribution is 2.26. The van der Waals surface area contributed by atoms with Crippen LogP contribution in [0.3, 0.4) is 0 Å². The highest BCUT2D eigenvalue weighted by atomic mass is 79.9. The van der Waals surface area contributed by atoms with E-state index in [1.165, 1.54) is 7.11 Å². The fourth-order valence-electron chi connectivity index (χ4n) is 1.21. The van der Waals surface area contributed by atoms with E-state index in [1.54, 1.807) is 0 Å². The molecule has 1 rings (SSSR count). The molecule has 0 aliphatic carbocycles. The lowest BCUT2D eigenvalue weighted by Crippen LogP contribution is -2.28. The molecule has 0 heterocycles. The molecule has 4 nitrogen and oxygen atoms in total. The van der Waals surface area contributed by atoms with Crippen molar-refractivity contribution in [1.29, 1.82) is 0 Å². The molecule has 1 aromatic carbocycles. The highest BCUT2D eigenvalue weighted by molar-refractivity contribution is 9.11. The highest BCUT2D eigenvalue weighted by Gasteiger charge is 2.15. The summed E-state index contributed by atoms with van der Waals surface area (Å²) in [6.07, 6.45) is 0. The fourth-order valence-corrected chi connectivity index (χ4v) is 4.05. The maximum atomic E-state index is 11.8. The monoisotopic (exact) mass is 385 g/mol. The second-order valence-corrected chi connectivity index (χ2v) is 6.86. The zero-order valence-electron chi connectivity index (χ0n) is 9.24. The molecular weight excluding hydrogens is 374 g/mol. The Morgan fingerprint density at radius 1 is 1.29 bits per heavy atom. The summed E-state index contributed by atoms with van der Waals surface area (Å²) < 4.78 is 32.3. The molecule has 0 radical (unpaired) electrons. The van der Waals surface area contributed by atoms with Gasteiger partial charge in [0.15, 0.2) is 0 Å². The lowest BCUT2D eigenvalue weighted by Gasteiger charge is -2.09. The van der Waals surface area contributed by atoms with Crippen LogP contribution in [0, 0.1) is 0 Å². The van der Waals surface area contributed by atoms with Crippen LogP contribution in [0.15, 0.2) is 27.1 Å². The maximum absolute atomic E-state index is 11.8. The van der Waals surface area contributed by atoms with E-state index in [0.29, 0.717) is 12.2 Å². The number of ether oxygens (including phenoxy) is 1. The molecule has 0 saturated heterocycles. The number of halogens is 2. The zero-order chi connectivity index (χ0) is 12.9. The van der Waals surface area contributed by atoms with E-state index in [-0.39, 0.29) is 12.3 Å². The van der Waals surface area contributed by atoms with Gasteiger partial charge in [0, 0.05) is 22.6 Å². The van der Waals surface area contributed by atoms with E-state index in [1.807, 2.05) is 18.2 Å². The quantitative estimate of drug-likeness (QED) is 0.763. The SMILES string of the molecule is COCCNS(=O)(=O)Cc1c(Br)cccc1Br. The fraction of sp³-hybridized carbons (Fsp3) is 0.400. The summed E-state index contributed by atoms with van der Waals surface area (Å²) in [6, 6.07) is 5.46. The summed E-state index contributed by atoms with van der Waals surface area (Å²) in [5, 5.41) is 0. The number of sulfonamides is 1. The molecular formula is C10H13Br2NO3S. The van der Waals surface area contributed by atoms with E-state index in [2.05, 4.69) is 36.6 Å². The predicted molar refractivity (Wildman–Crippen MR) is 74.3 cm³/mol. The Morgan fingerprint density at radius 2 is 1.88 bits per heavy atom. The van der Waals surface area contributed by atoms with E-state index >= 15 is 0 Å². The zero-order valence-corrected chi connectivity index (χ0v) is 13.2. The van der Waals surface area contributed by atoms with Crippen molar-refractivity contribution in [2.45, 2.75) is 5.75 Å². The molecule has 0 atom stereocenters. The Hall–Kier alpha value is 0.0500. The Kier molecular flexibility index (Phi) is 6.08. The van der Waals surface area contributed by atoms with Gasteiger partial charge >= 0.3 is 0 Å². The van der Waals surface area contributed by atoms with Crippen molar-refractivity contribution in [3.8, 4) is 0 Å². The molecule has 0 unspecified atom stereocenters. The molecule has 0 fully saturated rings. The van der Waals surface area contributed by atoms with Crippen molar-refractivity contribution in [3.05, 3.63) is 32.7 Å². The first-order chi connectivity index (χ1) is 7.96. The van der Waals surface area contributed by atoms with E-state index in [0.717, 1.165) is 8.95 Å². The van der Waals surface area contributed by atoms with Gasteiger partial charge in [-0.15, -0.1) is 0 Å². The molecule has 17 heavy (non-hydrogen) atoms. The smallest absolute Gasteiger partial charge is 0.215 e. The number of benzene rings is 1. The minimum Gasteiger partial charge on any atom is -0.383 e. The van der Waals surface area contributed by atoms with Gasteiger partial charge in [0.25, 0.3) is 0 Å². The molecule has 7 heteroatoms. The molecule has 0 amide bonds. The van der Waals surface area contributed by atoms with Crippen molar-refractivity contribution >= 4 is 41.9 Å². The third-order valence-electron chi connectivity index (χ3n) is 2.02. The molecule has 0 aromatic heterocycles. The second-order valence-electron chi connectivity index (χ2n) is 3.35. The van der Waals surface area contributed by atoms with Crippen molar-refractivity contribution in [2.75, 3.05) is 20.3 Å². The van der Waals surface area contributed by atoms with Gasteiger partial charge in [-0.05, 0) is 17.7 Å². The first-order valence-corrected chi connectivity index (χ1v) is 8.09. The van der Waals surface area contributed by atoms with Crippen molar-refractivity contribution in [1.82, 2.24) is 4.72 Å². The van der Waals surface area contributed by atoms with Crippen LogP contribution in [-0.4, -0.2) is 28.7 Å². The Balaban J connectivity index is 2.76. The molecule has 0 bridgehead atoms. The predicted octanol–water partition coefficient (Wildman–Crippen LogP) is 2.28. The summed E-state index contributed by atoms with van der Waals surface area (Å²) in [5.41, 5.74) is 0.706. The van der Waals surface area contributed by atoms with Gasteiger partial charge in [-0.25, -0.2) is 13.1 Å². The van der Waals surface area contributed by atoms with Crippen LogP contribution >= 0.6 is 31.9 Å². The topological polar surface area (TPSA) is 55.4 Å². The molecule has 1 aromatic rings. The lowest BCUT2D eigenvalue weighted by atomic mass is 10.2.